The van der Waals surface area contributed by atoms with Crippen LogP contribution in [0.2, 0.25) is 5.02 Å². The van der Waals surface area contributed by atoms with Crippen LogP contribution in [0.1, 0.15) is 19.4 Å². The second-order valence-corrected chi connectivity index (χ2v) is 6.22. The van der Waals surface area contributed by atoms with Crippen LogP contribution in [0.4, 0.5) is 0 Å². The lowest BCUT2D eigenvalue weighted by atomic mass is 9.93. The van der Waals surface area contributed by atoms with Gasteiger partial charge in [-0.3, -0.25) is 0 Å². The molecule has 1 aromatic carbocycles. The van der Waals surface area contributed by atoms with Crippen LogP contribution in [0.25, 0.3) is 0 Å². The maximum absolute atomic E-state index is 9.70. The van der Waals surface area contributed by atoms with Crippen LogP contribution in [0.3, 0.4) is 0 Å². The van der Waals surface area contributed by atoms with Crippen molar-refractivity contribution in [3.05, 3.63) is 28.8 Å². The zero-order valence-corrected chi connectivity index (χ0v) is 12.4. The van der Waals surface area contributed by atoms with E-state index in [9.17, 15) is 5.11 Å². The van der Waals surface area contributed by atoms with Crippen LogP contribution in [0.15, 0.2) is 18.2 Å². The Morgan fingerprint density at radius 3 is 2.61 bits per heavy atom. The number of phenols is 1. The topological polar surface area (TPSA) is 35.5 Å². The first-order valence-corrected chi connectivity index (χ1v) is 6.51. The van der Waals surface area contributed by atoms with Crippen molar-refractivity contribution in [2.75, 3.05) is 27.2 Å². The first-order valence-electron chi connectivity index (χ1n) is 6.13. The summed E-state index contributed by atoms with van der Waals surface area (Å²) < 4.78 is 0. The zero-order chi connectivity index (χ0) is 13.8. The van der Waals surface area contributed by atoms with Gasteiger partial charge in [0.15, 0.2) is 0 Å². The lowest BCUT2D eigenvalue weighted by molar-refractivity contribution is 0.232. The fourth-order valence-corrected chi connectivity index (χ4v) is 2.34. The molecule has 0 aliphatic carbocycles. The van der Waals surface area contributed by atoms with Gasteiger partial charge in [0.05, 0.1) is 0 Å². The van der Waals surface area contributed by atoms with Crippen molar-refractivity contribution >= 4 is 11.6 Å². The van der Waals surface area contributed by atoms with Crippen LogP contribution >= 0.6 is 11.6 Å². The summed E-state index contributed by atoms with van der Waals surface area (Å²) in [5, 5.41) is 13.7. The van der Waals surface area contributed by atoms with Gasteiger partial charge in [-0.05, 0) is 37.7 Å². The average molecular weight is 271 g/mol. The minimum atomic E-state index is 0.192. The lowest BCUT2D eigenvalue weighted by Crippen LogP contribution is -2.37. The molecule has 0 unspecified atom stereocenters. The highest BCUT2D eigenvalue weighted by atomic mass is 35.5. The number of nitrogens with zero attached hydrogens (tertiary/aromatic N) is 1. The summed E-state index contributed by atoms with van der Waals surface area (Å²) in [7, 11) is 4.15. The van der Waals surface area contributed by atoms with Crippen molar-refractivity contribution in [1.82, 2.24) is 10.2 Å². The van der Waals surface area contributed by atoms with Gasteiger partial charge in [0.2, 0.25) is 0 Å². The van der Waals surface area contributed by atoms with Crippen molar-refractivity contribution < 1.29 is 5.11 Å². The Morgan fingerprint density at radius 2 is 2.00 bits per heavy atom. The van der Waals surface area contributed by atoms with E-state index in [1.165, 1.54) is 0 Å². The SMILES string of the molecule is CN(C)CC(C)(C)CNCc1cc(Cl)ccc1O. The summed E-state index contributed by atoms with van der Waals surface area (Å²) in [4.78, 5) is 2.18. The summed E-state index contributed by atoms with van der Waals surface area (Å²) in [6.07, 6.45) is 0. The van der Waals surface area contributed by atoms with E-state index in [0.29, 0.717) is 11.6 Å². The normalized spacial score (nSPS) is 12.1. The molecule has 0 saturated heterocycles. The molecule has 0 spiro atoms. The van der Waals surface area contributed by atoms with E-state index >= 15 is 0 Å². The molecule has 0 fully saturated rings. The molecular formula is C14H23ClN2O. The van der Waals surface area contributed by atoms with Gasteiger partial charge in [-0.15, -0.1) is 0 Å². The molecule has 0 heterocycles. The molecule has 0 atom stereocenters. The first kappa shape index (κ1) is 15.3. The van der Waals surface area contributed by atoms with Crippen molar-refractivity contribution in [1.29, 1.82) is 0 Å². The number of benzene rings is 1. The highest BCUT2D eigenvalue weighted by Crippen LogP contribution is 2.21. The Morgan fingerprint density at radius 1 is 1.33 bits per heavy atom. The third-order valence-electron chi connectivity index (χ3n) is 2.70. The van der Waals surface area contributed by atoms with E-state index in [-0.39, 0.29) is 11.2 Å². The van der Waals surface area contributed by atoms with Crippen LogP contribution < -0.4 is 5.32 Å². The Labute approximate surface area is 115 Å². The quantitative estimate of drug-likeness (QED) is 0.834. The lowest BCUT2D eigenvalue weighted by Gasteiger charge is -2.28. The predicted octanol–water partition coefficient (Wildman–Crippen LogP) is 2.72. The van der Waals surface area contributed by atoms with E-state index in [2.05, 4.69) is 38.2 Å². The zero-order valence-electron chi connectivity index (χ0n) is 11.6. The fourth-order valence-electron chi connectivity index (χ4n) is 2.14. The van der Waals surface area contributed by atoms with E-state index in [1.54, 1.807) is 18.2 Å². The number of phenolic OH excluding ortho intramolecular Hbond substituents is 1. The molecular weight excluding hydrogens is 248 g/mol. The van der Waals surface area contributed by atoms with Gasteiger partial charge < -0.3 is 15.3 Å². The van der Waals surface area contributed by atoms with Gasteiger partial charge in [-0.1, -0.05) is 25.4 Å². The van der Waals surface area contributed by atoms with E-state index in [1.807, 2.05) is 0 Å². The van der Waals surface area contributed by atoms with Crippen LogP contribution in [-0.2, 0) is 6.54 Å². The van der Waals surface area contributed by atoms with Crippen LogP contribution in [0, 0.1) is 5.41 Å². The van der Waals surface area contributed by atoms with Gasteiger partial charge >= 0.3 is 0 Å². The van der Waals surface area contributed by atoms with E-state index in [4.69, 9.17) is 11.6 Å². The van der Waals surface area contributed by atoms with Gasteiger partial charge in [-0.2, -0.15) is 0 Å². The Balaban J connectivity index is 2.48. The Hall–Kier alpha value is -0.770. The van der Waals surface area contributed by atoms with Crippen molar-refractivity contribution in [3.63, 3.8) is 0 Å². The molecule has 3 nitrogen and oxygen atoms in total. The largest absolute Gasteiger partial charge is 0.508 e. The van der Waals surface area contributed by atoms with Gasteiger partial charge in [0.1, 0.15) is 5.75 Å². The summed E-state index contributed by atoms with van der Waals surface area (Å²) in [6.45, 7) is 6.97. The number of rotatable bonds is 6. The number of hydrogen-bond acceptors (Lipinski definition) is 3. The average Bonchev–Trinajstić information content (AvgIpc) is 2.21. The first-order chi connectivity index (χ1) is 8.30. The van der Waals surface area contributed by atoms with E-state index < -0.39 is 0 Å². The van der Waals surface area contributed by atoms with Crippen molar-refractivity contribution in [2.24, 2.45) is 5.41 Å². The minimum absolute atomic E-state index is 0.192. The van der Waals surface area contributed by atoms with Gasteiger partial charge in [0, 0.05) is 30.2 Å². The second-order valence-electron chi connectivity index (χ2n) is 5.78. The number of halogens is 1. The molecule has 2 N–H and O–H groups in total. The van der Waals surface area contributed by atoms with Gasteiger partial charge in [0.25, 0.3) is 0 Å². The summed E-state index contributed by atoms with van der Waals surface area (Å²) >= 11 is 5.91. The van der Waals surface area contributed by atoms with Gasteiger partial charge in [-0.25, -0.2) is 0 Å². The molecule has 0 aromatic heterocycles. The third kappa shape index (κ3) is 5.25. The van der Waals surface area contributed by atoms with Crippen molar-refractivity contribution in [3.8, 4) is 5.75 Å². The molecule has 18 heavy (non-hydrogen) atoms. The number of hydrogen-bond donors (Lipinski definition) is 2. The van der Waals surface area contributed by atoms with Crippen molar-refractivity contribution in [2.45, 2.75) is 20.4 Å². The summed E-state index contributed by atoms with van der Waals surface area (Å²) in [5.41, 5.74) is 1.03. The summed E-state index contributed by atoms with van der Waals surface area (Å²) in [6, 6.07) is 5.11. The molecule has 1 rings (SSSR count). The molecule has 0 aliphatic heterocycles. The Kier molecular flexibility index (Phi) is 5.45. The van der Waals surface area contributed by atoms with E-state index in [0.717, 1.165) is 18.7 Å². The molecule has 1 aromatic rings. The molecule has 0 bridgehead atoms. The second kappa shape index (κ2) is 6.41. The fraction of sp³-hybridized carbons (Fsp3) is 0.571. The number of nitrogens with one attached hydrogen (secondary N) is 1. The maximum Gasteiger partial charge on any atom is 0.120 e. The Bertz CT molecular complexity index is 391. The summed E-state index contributed by atoms with van der Waals surface area (Å²) in [5.74, 6) is 0.289. The maximum atomic E-state index is 9.70. The predicted molar refractivity (Wildman–Crippen MR) is 77.2 cm³/mol. The number of aromatic hydroxyl groups is 1. The molecule has 0 radical (unpaired) electrons. The molecule has 0 aliphatic rings. The highest BCUT2D eigenvalue weighted by Gasteiger charge is 2.18. The molecule has 102 valence electrons. The minimum Gasteiger partial charge on any atom is -0.508 e. The van der Waals surface area contributed by atoms with Crippen LogP contribution in [0.5, 0.6) is 5.75 Å². The molecule has 4 heteroatoms. The molecule has 0 amide bonds. The molecule has 0 saturated carbocycles. The monoisotopic (exact) mass is 270 g/mol. The standard InChI is InChI=1S/C14H23ClN2O/c1-14(2,10-17(3)4)9-16-8-11-7-12(15)5-6-13(11)18/h5-7,16,18H,8-10H2,1-4H3. The smallest absolute Gasteiger partial charge is 0.120 e. The third-order valence-corrected chi connectivity index (χ3v) is 2.94. The highest BCUT2D eigenvalue weighted by molar-refractivity contribution is 6.30. The van der Waals surface area contributed by atoms with Crippen LogP contribution in [-0.4, -0.2) is 37.2 Å².